The molecule has 116 valence electrons. The van der Waals surface area contributed by atoms with E-state index in [2.05, 4.69) is 21.0 Å². The second-order valence-corrected chi connectivity index (χ2v) is 6.53. The molecule has 0 amide bonds. The number of nitrogens with zero attached hydrogens (tertiary/aromatic N) is 2. The Bertz CT molecular complexity index is 1190. The highest BCUT2D eigenvalue weighted by Crippen LogP contribution is 2.32. The van der Waals surface area contributed by atoms with E-state index < -0.39 is 0 Å². The minimum absolute atomic E-state index is 0.0330. The molecule has 0 spiro atoms. The first-order valence-corrected chi connectivity index (χ1v) is 8.23. The second-order valence-electron chi connectivity index (χ2n) is 5.10. The van der Waals surface area contributed by atoms with Gasteiger partial charge in [0, 0.05) is 22.5 Å². The Balaban J connectivity index is 1.85. The van der Waals surface area contributed by atoms with Gasteiger partial charge in [0.25, 0.3) is 0 Å². The number of hydrogen-bond acceptors (Lipinski definition) is 4. The minimum atomic E-state index is -0.0330. The fourth-order valence-electron chi connectivity index (χ4n) is 2.55. The zero-order valence-electron chi connectivity index (χ0n) is 12.1. The number of aromatic nitrogens is 3. The lowest BCUT2D eigenvalue weighted by Crippen LogP contribution is -2.00. The minimum Gasteiger partial charge on any atom is -0.360 e. The van der Waals surface area contributed by atoms with Gasteiger partial charge < -0.3 is 9.97 Å². The molecule has 0 saturated heterocycles. The van der Waals surface area contributed by atoms with Crippen LogP contribution in [0.3, 0.4) is 0 Å². The largest absolute Gasteiger partial charge is 0.360 e. The third kappa shape index (κ3) is 2.35. The normalized spacial score (nSPS) is 11.0. The van der Waals surface area contributed by atoms with E-state index in [9.17, 15) is 10.1 Å². The molecule has 0 radical (unpaired) electrons. The number of aromatic amines is 2. The van der Waals surface area contributed by atoms with Crippen molar-refractivity contribution in [2.75, 3.05) is 0 Å². The number of rotatable bonds is 2. The third-order valence-corrected chi connectivity index (χ3v) is 4.92. The van der Waals surface area contributed by atoms with E-state index >= 15 is 0 Å². The molecule has 4 rings (SSSR count). The van der Waals surface area contributed by atoms with E-state index in [-0.39, 0.29) is 5.43 Å². The summed E-state index contributed by atoms with van der Waals surface area (Å²) in [5.41, 5.74) is 2.36. The lowest BCUT2D eigenvalue weighted by atomic mass is 10.2. The first kappa shape index (κ1) is 14.8. The molecular weight excluding hydrogens is 344 g/mol. The fourth-order valence-corrected chi connectivity index (χ4v) is 3.67. The van der Waals surface area contributed by atoms with Crippen LogP contribution in [0.1, 0.15) is 5.56 Å². The lowest BCUT2D eigenvalue weighted by Gasteiger charge is -2.03. The molecule has 0 aliphatic carbocycles. The SMILES string of the molecule is N#Cc1c(Cl)ccc2[nH]c(Sc3cccc4c(=O)cc[nH]c34)nc12. The maximum atomic E-state index is 11.9. The smallest absolute Gasteiger partial charge is 0.189 e. The zero-order chi connectivity index (χ0) is 16.7. The van der Waals surface area contributed by atoms with Crippen LogP contribution in [0.15, 0.2) is 57.4 Å². The van der Waals surface area contributed by atoms with Gasteiger partial charge in [0.2, 0.25) is 0 Å². The van der Waals surface area contributed by atoms with Crippen LogP contribution < -0.4 is 5.43 Å². The van der Waals surface area contributed by atoms with Crippen LogP contribution >= 0.6 is 23.4 Å². The number of nitrogens with one attached hydrogen (secondary N) is 2. The first-order chi connectivity index (χ1) is 11.7. The van der Waals surface area contributed by atoms with Crippen molar-refractivity contribution in [2.24, 2.45) is 0 Å². The monoisotopic (exact) mass is 352 g/mol. The average molecular weight is 353 g/mol. The standard InChI is InChI=1S/C17H9ClN4OS/c18-11-4-5-12-15(10(11)8-19)22-17(21-12)24-14-3-1-2-9-13(23)6-7-20-16(9)14/h1-7H,(H,20,23)(H,21,22). The molecule has 0 atom stereocenters. The molecule has 0 aliphatic heterocycles. The van der Waals surface area contributed by atoms with Crippen molar-refractivity contribution in [2.45, 2.75) is 10.1 Å². The maximum Gasteiger partial charge on any atom is 0.189 e. The summed E-state index contributed by atoms with van der Waals surface area (Å²) in [5, 5.41) is 10.9. The van der Waals surface area contributed by atoms with Gasteiger partial charge in [0.1, 0.15) is 11.6 Å². The van der Waals surface area contributed by atoms with Crippen molar-refractivity contribution in [1.29, 1.82) is 5.26 Å². The number of halogens is 1. The Morgan fingerprint density at radius 2 is 2.08 bits per heavy atom. The summed E-state index contributed by atoms with van der Waals surface area (Å²) in [5.74, 6) is 0. The number of pyridine rings is 1. The Kier molecular flexibility index (Phi) is 3.53. The average Bonchev–Trinajstić information content (AvgIpc) is 2.98. The van der Waals surface area contributed by atoms with Gasteiger partial charge in [-0.1, -0.05) is 17.7 Å². The molecule has 4 aromatic rings. The number of para-hydroxylation sites is 1. The molecule has 2 aromatic carbocycles. The summed E-state index contributed by atoms with van der Waals surface area (Å²) >= 11 is 7.43. The van der Waals surface area contributed by atoms with Crippen LogP contribution in [0.25, 0.3) is 21.9 Å². The van der Waals surface area contributed by atoms with E-state index in [4.69, 9.17) is 11.6 Å². The summed E-state index contributed by atoms with van der Waals surface area (Å²) in [6, 6.07) is 12.6. The van der Waals surface area contributed by atoms with Crippen LogP contribution in [0.4, 0.5) is 0 Å². The van der Waals surface area contributed by atoms with Crippen molar-refractivity contribution in [3.8, 4) is 6.07 Å². The highest BCUT2D eigenvalue weighted by atomic mass is 35.5. The van der Waals surface area contributed by atoms with Crippen LogP contribution in [-0.2, 0) is 0 Å². The van der Waals surface area contributed by atoms with Crippen molar-refractivity contribution in [3.63, 3.8) is 0 Å². The van der Waals surface area contributed by atoms with Gasteiger partial charge in [0.05, 0.1) is 21.6 Å². The molecule has 7 heteroatoms. The van der Waals surface area contributed by atoms with E-state index in [0.29, 0.717) is 26.6 Å². The summed E-state index contributed by atoms with van der Waals surface area (Å²) in [6.07, 6.45) is 1.63. The number of fused-ring (bicyclic) bond motifs is 2. The lowest BCUT2D eigenvalue weighted by molar-refractivity contribution is 1.08. The Morgan fingerprint density at radius 1 is 1.21 bits per heavy atom. The molecule has 0 fully saturated rings. The van der Waals surface area contributed by atoms with Crippen LogP contribution in [0, 0.1) is 11.3 Å². The third-order valence-electron chi connectivity index (χ3n) is 3.65. The molecule has 0 bridgehead atoms. The number of nitriles is 1. The topological polar surface area (TPSA) is 85.3 Å². The van der Waals surface area contributed by atoms with Crippen LogP contribution in [0.5, 0.6) is 0 Å². The molecule has 0 unspecified atom stereocenters. The quantitative estimate of drug-likeness (QED) is 0.569. The highest BCUT2D eigenvalue weighted by molar-refractivity contribution is 7.99. The predicted octanol–water partition coefficient (Wildman–Crippen LogP) is 4.08. The Morgan fingerprint density at radius 3 is 2.92 bits per heavy atom. The van der Waals surface area contributed by atoms with Crippen LogP contribution in [0.2, 0.25) is 5.02 Å². The molecule has 2 heterocycles. The molecule has 24 heavy (non-hydrogen) atoms. The number of hydrogen-bond donors (Lipinski definition) is 2. The van der Waals surface area contributed by atoms with E-state index in [0.717, 1.165) is 15.9 Å². The predicted molar refractivity (Wildman–Crippen MR) is 94.5 cm³/mol. The van der Waals surface area contributed by atoms with Gasteiger partial charge in [-0.25, -0.2) is 4.98 Å². The van der Waals surface area contributed by atoms with Gasteiger partial charge in [0.15, 0.2) is 10.6 Å². The second kappa shape index (κ2) is 5.71. The molecule has 2 aromatic heterocycles. The number of benzene rings is 2. The van der Waals surface area contributed by atoms with Crippen molar-refractivity contribution < 1.29 is 0 Å². The fraction of sp³-hybridized carbons (Fsp3) is 0. The van der Waals surface area contributed by atoms with Gasteiger partial charge in [-0.05, 0) is 36.0 Å². The first-order valence-electron chi connectivity index (χ1n) is 7.04. The van der Waals surface area contributed by atoms with Gasteiger partial charge in [-0.3, -0.25) is 4.79 Å². The number of imidazole rings is 1. The van der Waals surface area contributed by atoms with Crippen molar-refractivity contribution in [3.05, 3.63) is 63.4 Å². The van der Waals surface area contributed by atoms with E-state index in [1.54, 1.807) is 24.4 Å². The summed E-state index contributed by atoms with van der Waals surface area (Å²) in [7, 11) is 0. The van der Waals surface area contributed by atoms with E-state index in [1.165, 1.54) is 17.8 Å². The highest BCUT2D eigenvalue weighted by Gasteiger charge is 2.13. The van der Waals surface area contributed by atoms with Gasteiger partial charge in [-0.2, -0.15) is 5.26 Å². The Labute approximate surface area is 145 Å². The zero-order valence-corrected chi connectivity index (χ0v) is 13.7. The molecule has 2 N–H and O–H groups in total. The summed E-state index contributed by atoms with van der Waals surface area (Å²) in [4.78, 5) is 23.6. The summed E-state index contributed by atoms with van der Waals surface area (Å²) < 4.78 is 0. The van der Waals surface area contributed by atoms with Crippen LogP contribution in [-0.4, -0.2) is 15.0 Å². The molecule has 5 nitrogen and oxygen atoms in total. The van der Waals surface area contributed by atoms with Gasteiger partial charge >= 0.3 is 0 Å². The molecule has 0 saturated carbocycles. The summed E-state index contributed by atoms with van der Waals surface area (Å²) in [6.45, 7) is 0. The number of H-pyrrole nitrogens is 2. The van der Waals surface area contributed by atoms with Gasteiger partial charge in [-0.15, -0.1) is 0 Å². The molecular formula is C17H9ClN4OS. The maximum absolute atomic E-state index is 11.9. The van der Waals surface area contributed by atoms with E-state index in [1.807, 2.05) is 12.1 Å². The van der Waals surface area contributed by atoms with Crippen molar-refractivity contribution >= 4 is 45.3 Å². The Hall–Kier alpha value is -2.75. The molecule has 0 aliphatic rings. The van der Waals surface area contributed by atoms with Crippen molar-refractivity contribution in [1.82, 2.24) is 15.0 Å².